The smallest absolute Gasteiger partial charge is 0.206 e. The van der Waals surface area contributed by atoms with Gasteiger partial charge in [-0.25, -0.2) is 13.9 Å². The van der Waals surface area contributed by atoms with Gasteiger partial charge in [0.05, 0.1) is 15.5 Å². The number of nitrogens with one attached hydrogen (secondary N) is 1. The lowest BCUT2D eigenvalue weighted by Crippen LogP contribution is -2.00. The van der Waals surface area contributed by atoms with Crippen LogP contribution in [0.15, 0.2) is 69.5 Å². The van der Waals surface area contributed by atoms with Gasteiger partial charge in [0.25, 0.3) is 0 Å². The highest BCUT2D eigenvalue weighted by Crippen LogP contribution is 2.22. The molecule has 0 aliphatic rings. The molecule has 1 N–H and O–H groups in total. The Kier molecular flexibility index (Phi) is 3.01. The summed E-state index contributed by atoms with van der Waals surface area (Å²) in [7, 11) is -3.47. The first-order valence-corrected chi connectivity index (χ1v) is 6.40. The number of benzene rings is 2. The molecule has 0 saturated carbocycles. The number of rotatable bonds is 3. The molecule has 86 valence electrons. The average Bonchev–Trinajstić information content (AvgIpc) is 2.40. The van der Waals surface area contributed by atoms with E-state index in [4.69, 9.17) is 5.53 Å². The van der Waals surface area contributed by atoms with Crippen LogP contribution in [0.3, 0.4) is 0 Å². The third-order valence-electron chi connectivity index (χ3n) is 2.33. The van der Waals surface area contributed by atoms with Crippen LogP contribution in [0, 0.1) is 5.53 Å². The zero-order valence-corrected chi connectivity index (χ0v) is 9.68. The van der Waals surface area contributed by atoms with Gasteiger partial charge in [-0.3, -0.25) is 0 Å². The highest BCUT2D eigenvalue weighted by Gasteiger charge is 2.16. The molecule has 0 unspecified atom stereocenters. The molecule has 0 fully saturated rings. The standard InChI is InChI=1S/C12H10N2O2S/c13-14-10-6-8-12(9-7-10)17(15,16)11-4-2-1-3-5-11/h1-9,13H. The van der Waals surface area contributed by atoms with Gasteiger partial charge in [0.2, 0.25) is 9.84 Å². The molecule has 17 heavy (non-hydrogen) atoms. The maximum Gasteiger partial charge on any atom is 0.206 e. The van der Waals surface area contributed by atoms with Crippen molar-refractivity contribution >= 4 is 15.5 Å². The van der Waals surface area contributed by atoms with Crippen molar-refractivity contribution in [2.45, 2.75) is 9.79 Å². The Morgan fingerprint density at radius 3 is 1.88 bits per heavy atom. The normalized spacial score (nSPS) is 11.1. The lowest BCUT2D eigenvalue weighted by Gasteiger charge is -2.04. The summed E-state index contributed by atoms with van der Waals surface area (Å²) in [6, 6.07) is 14.1. The summed E-state index contributed by atoms with van der Waals surface area (Å²) in [5, 5.41) is 3.22. The Morgan fingerprint density at radius 1 is 0.824 bits per heavy atom. The van der Waals surface area contributed by atoms with Gasteiger partial charge >= 0.3 is 0 Å². The van der Waals surface area contributed by atoms with E-state index >= 15 is 0 Å². The largest absolute Gasteiger partial charge is 0.219 e. The second kappa shape index (κ2) is 4.47. The van der Waals surface area contributed by atoms with Gasteiger partial charge in [-0.1, -0.05) is 18.2 Å². The van der Waals surface area contributed by atoms with Crippen LogP contribution in [-0.2, 0) is 9.84 Å². The first kappa shape index (κ1) is 11.5. The predicted molar refractivity (Wildman–Crippen MR) is 63.1 cm³/mol. The van der Waals surface area contributed by atoms with E-state index < -0.39 is 9.84 Å². The van der Waals surface area contributed by atoms with Crippen molar-refractivity contribution in [3.8, 4) is 0 Å². The quantitative estimate of drug-likeness (QED) is 0.845. The summed E-state index contributed by atoms with van der Waals surface area (Å²) in [5.41, 5.74) is 7.24. The molecule has 0 bridgehead atoms. The van der Waals surface area contributed by atoms with E-state index in [-0.39, 0.29) is 9.79 Å². The maximum atomic E-state index is 12.2. The van der Waals surface area contributed by atoms with E-state index in [9.17, 15) is 8.42 Å². The predicted octanol–water partition coefficient (Wildman–Crippen LogP) is 3.18. The summed E-state index contributed by atoms with van der Waals surface area (Å²) in [6.45, 7) is 0. The molecule has 5 heteroatoms. The molecule has 0 heterocycles. The van der Waals surface area contributed by atoms with Gasteiger partial charge in [-0.15, -0.1) is 0 Å². The second-order valence-electron chi connectivity index (χ2n) is 3.42. The van der Waals surface area contributed by atoms with Crippen LogP contribution in [0.2, 0.25) is 0 Å². The lowest BCUT2D eigenvalue weighted by molar-refractivity contribution is 0.596. The van der Waals surface area contributed by atoms with Crippen molar-refractivity contribution in [3.05, 3.63) is 54.6 Å². The highest BCUT2D eigenvalue weighted by molar-refractivity contribution is 7.91. The Bertz CT molecular complexity index is 619. The van der Waals surface area contributed by atoms with Gasteiger partial charge in [0, 0.05) is 0 Å². The minimum atomic E-state index is -3.47. The van der Waals surface area contributed by atoms with Gasteiger partial charge in [0.15, 0.2) is 0 Å². The van der Waals surface area contributed by atoms with Crippen LogP contribution in [-0.4, -0.2) is 8.42 Å². The first-order valence-electron chi connectivity index (χ1n) is 4.92. The molecule has 0 aromatic heterocycles. The monoisotopic (exact) mass is 246 g/mol. The molecule has 4 nitrogen and oxygen atoms in total. The fourth-order valence-electron chi connectivity index (χ4n) is 1.44. The molecule has 0 spiro atoms. The van der Waals surface area contributed by atoms with Crippen LogP contribution in [0.5, 0.6) is 0 Å². The van der Waals surface area contributed by atoms with Crippen LogP contribution in [0.1, 0.15) is 0 Å². The molecule has 0 aliphatic carbocycles. The van der Waals surface area contributed by atoms with E-state index in [1.54, 1.807) is 30.3 Å². The van der Waals surface area contributed by atoms with Gasteiger partial charge in [-0.05, 0) is 36.4 Å². The first-order chi connectivity index (χ1) is 8.14. The highest BCUT2D eigenvalue weighted by atomic mass is 32.2. The van der Waals surface area contributed by atoms with E-state index in [2.05, 4.69) is 5.11 Å². The molecular weight excluding hydrogens is 236 g/mol. The lowest BCUT2D eigenvalue weighted by atomic mass is 10.3. The molecule has 0 atom stereocenters. The molecule has 0 radical (unpaired) electrons. The summed E-state index contributed by atoms with van der Waals surface area (Å²) >= 11 is 0. The summed E-state index contributed by atoms with van der Waals surface area (Å²) in [5.74, 6) is 0. The van der Waals surface area contributed by atoms with Crippen LogP contribution in [0.4, 0.5) is 5.69 Å². The summed E-state index contributed by atoms with van der Waals surface area (Å²) < 4.78 is 24.3. The Hall–Kier alpha value is -2.01. The summed E-state index contributed by atoms with van der Waals surface area (Å²) in [6.07, 6.45) is 0. The molecule has 0 saturated heterocycles. The Balaban J connectivity index is 2.49. The van der Waals surface area contributed by atoms with Crippen molar-refractivity contribution in [2.24, 2.45) is 5.11 Å². The number of hydrogen-bond acceptors (Lipinski definition) is 4. The average molecular weight is 246 g/mol. The van der Waals surface area contributed by atoms with Gasteiger partial charge in [0.1, 0.15) is 0 Å². The maximum absolute atomic E-state index is 12.2. The van der Waals surface area contributed by atoms with E-state index in [0.29, 0.717) is 5.69 Å². The molecule has 2 aromatic carbocycles. The number of nitrogens with zero attached hydrogens (tertiary/aromatic N) is 1. The van der Waals surface area contributed by atoms with Crippen molar-refractivity contribution < 1.29 is 8.42 Å². The van der Waals surface area contributed by atoms with Crippen LogP contribution >= 0.6 is 0 Å². The minimum Gasteiger partial charge on any atom is -0.219 e. The van der Waals surface area contributed by atoms with E-state index in [1.165, 1.54) is 24.3 Å². The zero-order valence-electron chi connectivity index (χ0n) is 8.87. The zero-order chi connectivity index (χ0) is 12.3. The van der Waals surface area contributed by atoms with Crippen LogP contribution in [0.25, 0.3) is 0 Å². The van der Waals surface area contributed by atoms with Crippen LogP contribution < -0.4 is 0 Å². The van der Waals surface area contributed by atoms with E-state index in [0.717, 1.165) is 0 Å². The molecule has 0 aliphatic heterocycles. The fraction of sp³-hybridized carbons (Fsp3) is 0. The van der Waals surface area contributed by atoms with Crippen molar-refractivity contribution in [3.63, 3.8) is 0 Å². The van der Waals surface area contributed by atoms with Crippen molar-refractivity contribution in [1.29, 1.82) is 5.53 Å². The molecule has 0 amide bonds. The van der Waals surface area contributed by atoms with Gasteiger partial charge < -0.3 is 0 Å². The van der Waals surface area contributed by atoms with Crippen molar-refractivity contribution in [1.82, 2.24) is 0 Å². The third kappa shape index (κ3) is 2.24. The second-order valence-corrected chi connectivity index (χ2v) is 5.37. The third-order valence-corrected chi connectivity index (χ3v) is 4.12. The number of sulfone groups is 1. The van der Waals surface area contributed by atoms with E-state index in [1.807, 2.05) is 0 Å². The van der Waals surface area contributed by atoms with Crippen molar-refractivity contribution in [2.75, 3.05) is 0 Å². The Labute approximate surface area is 99.4 Å². The SMILES string of the molecule is N=Nc1ccc(S(=O)(=O)c2ccccc2)cc1. The minimum absolute atomic E-state index is 0.205. The Morgan fingerprint density at radius 2 is 1.35 bits per heavy atom. The molecular formula is C12H10N2O2S. The van der Waals surface area contributed by atoms with Gasteiger partial charge in [-0.2, -0.15) is 5.11 Å². The fourth-order valence-corrected chi connectivity index (χ4v) is 2.72. The topological polar surface area (TPSA) is 70.3 Å². The molecule has 2 aromatic rings. The number of hydrogen-bond donors (Lipinski definition) is 1. The summed E-state index contributed by atoms with van der Waals surface area (Å²) in [4.78, 5) is 0.465. The molecule has 2 rings (SSSR count).